The van der Waals surface area contributed by atoms with Crippen molar-refractivity contribution in [2.24, 2.45) is 0 Å². The number of rotatable bonds is 3. The Morgan fingerprint density at radius 1 is 1.24 bits per heavy atom. The number of nitrogens with one attached hydrogen (secondary N) is 1. The lowest BCUT2D eigenvalue weighted by molar-refractivity contribution is 0.103. The van der Waals surface area contributed by atoms with Crippen LogP contribution in [0.3, 0.4) is 0 Å². The Balaban J connectivity index is 2.05. The summed E-state index contributed by atoms with van der Waals surface area (Å²) in [5.74, 6) is -1.45. The molecule has 21 heavy (non-hydrogen) atoms. The van der Waals surface area contributed by atoms with E-state index in [2.05, 4.69) is 4.98 Å². The molecule has 0 fully saturated rings. The number of aromatic nitrogens is 1. The van der Waals surface area contributed by atoms with E-state index in [4.69, 9.17) is 9.15 Å². The predicted molar refractivity (Wildman–Crippen MR) is 73.2 cm³/mol. The van der Waals surface area contributed by atoms with Crippen molar-refractivity contribution in [3.63, 3.8) is 0 Å². The maximum atomic E-state index is 13.9. The third-order valence-corrected chi connectivity index (χ3v) is 3.10. The zero-order valence-corrected chi connectivity index (χ0v) is 11.0. The maximum Gasteiger partial charge on any atom is 0.417 e. The summed E-state index contributed by atoms with van der Waals surface area (Å²) < 4.78 is 23.7. The molecule has 0 unspecified atom stereocenters. The molecule has 1 aromatic heterocycles. The number of benzene rings is 2. The average Bonchev–Trinajstić information content (AvgIpc) is 2.85. The number of hydrogen-bond donors (Lipinski definition) is 1. The van der Waals surface area contributed by atoms with Crippen LogP contribution in [0, 0.1) is 5.82 Å². The number of H-pyrrole nitrogens is 1. The lowest BCUT2D eigenvalue weighted by Gasteiger charge is -2.05. The molecule has 3 rings (SSSR count). The van der Waals surface area contributed by atoms with Gasteiger partial charge in [-0.05, 0) is 30.3 Å². The smallest absolute Gasteiger partial charge is 0.417 e. The van der Waals surface area contributed by atoms with Crippen molar-refractivity contribution in [3.8, 4) is 5.75 Å². The second-order valence-electron chi connectivity index (χ2n) is 4.40. The fourth-order valence-electron chi connectivity index (χ4n) is 2.05. The number of carbonyl (C=O) groups is 1. The predicted octanol–water partition coefficient (Wildman–Crippen LogP) is 2.50. The second kappa shape index (κ2) is 4.90. The Bertz CT molecular complexity index is 894. The van der Waals surface area contributed by atoms with Crippen LogP contribution < -0.4 is 10.5 Å². The summed E-state index contributed by atoms with van der Waals surface area (Å²) in [7, 11) is 1.41. The van der Waals surface area contributed by atoms with Crippen molar-refractivity contribution < 1.29 is 18.3 Å². The van der Waals surface area contributed by atoms with Gasteiger partial charge in [0.05, 0.1) is 18.2 Å². The number of aromatic amines is 1. The van der Waals surface area contributed by atoms with Crippen LogP contribution in [0.25, 0.3) is 11.1 Å². The van der Waals surface area contributed by atoms with Gasteiger partial charge in [-0.3, -0.25) is 9.78 Å². The highest BCUT2D eigenvalue weighted by Gasteiger charge is 2.16. The topological polar surface area (TPSA) is 72.3 Å². The van der Waals surface area contributed by atoms with Crippen LogP contribution in [0.15, 0.2) is 45.6 Å². The minimum absolute atomic E-state index is 0.0759. The molecule has 5 nitrogen and oxygen atoms in total. The van der Waals surface area contributed by atoms with Gasteiger partial charge in [0.15, 0.2) is 11.4 Å². The van der Waals surface area contributed by atoms with E-state index in [9.17, 15) is 14.0 Å². The zero-order valence-electron chi connectivity index (χ0n) is 11.0. The number of fused-ring (bicyclic) bond motifs is 1. The van der Waals surface area contributed by atoms with Gasteiger partial charge >= 0.3 is 5.76 Å². The van der Waals surface area contributed by atoms with Crippen LogP contribution in [-0.4, -0.2) is 17.9 Å². The van der Waals surface area contributed by atoms with E-state index >= 15 is 0 Å². The lowest BCUT2D eigenvalue weighted by Crippen LogP contribution is -2.04. The largest absolute Gasteiger partial charge is 0.497 e. The summed E-state index contributed by atoms with van der Waals surface area (Å²) in [4.78, 5) is 25.9. The SMILES string of the molecule is COc1ccc(C(=O)c2ccc3[nH]c(=O)oc3c2)c(F)c1. The van der Waals surface area contributed by atoms with Crippen LogP contribution in [0.4, 0.5) is 4.39 Å². The van der Waals surface area contributed by atoms with Gasteiger partial charge in [-0.25, -0.2) is 9.18 Å². The fourth-order valence-corrected chi connectivity index (χ4v) is 2.05. The highest BCUT2D eigenvalue weighted by molar-refractivity contribution is 6.10. The summed E-state index contributed by atoms with van der Waals surface area (Å²) in [5.41, 5.74) is 0.883. The highest BCUT2D eigenvalue weighted by atomic mass is 19.1. The Labute approximate surface area is 118 Å². The number of ketones is 1. The Morgan fingerprint density at radius 3 is 2.76 bits per heavy atom. The second-order valence-corrected chi connectivity index (χ2v) is 4.40. The number of hydrogen-bond acceptors (Lipinski definition) is 4. The van der Waals surface area contributed by atoms with Crippen LogP contribution in [-0.2, 0) is 0 Å². The third kappa shape index (κ3) is 2.31. The Kier molecular flexibility index (Phi) is 3.06. The first-order valence-corrected chi connectivity index (χ1v) is 6.09. The molecule has 2 aromatic carbocycles. The summed E-state index contributed by atoms with van der Waals surface area (Å²) in [6.45, 7) is 0. The van der Waals surface area contributed by atoms with Crippen molar-refractivity contribution in [1.82, 2.24) is 4.98 Å². The average molecular weight is 287 g/mol. The molecule has 0 aliphatic rings. The summed E-state index contributed by atoms with van der Waals surface area (Å²) in [5, 5.41) is 0. The molecule has 0 aliphatic carbocycles. The van der Waals surface area contributed by atoms with Gasteiger partial charge in [0, 0.05) is 11.6 Å². The van der Waals surface area contributed by atoms with Gasteiger partial charge in [0.2, 0.25) is 0 Å². The highest BCUT2D eigenvalue weighted by Crippen LogP contribution is 2.21. The Hall–Kier alpha value is -2.89. The standard InChI is InChI=1S/C15H10FNO4/c1-20-9-3-4-10(11(16)7-9)14(18)8-2-5-12-13(6-8)21-15(19)17-12/h2-7H,1H3,(H,17,19). The molecule has 0 spiro atoms. The van der Waals surface area contributed by atoms with Crippen molar-refractivity contribution in [1.29, 1.82) is 0 Å². The molecular weight excluding hydrogens is 277 g/mol. The monoisotopic (exact) mass is 287 g/mol. The molecule has 0 saturated carbocycles. The fraction of sp³-hybridized carbons (Fsp3) is 0.0667. The van der Waals surface area contributed by atoms with E-state index < -0.39 is 17.4 Å². The molecule has 6 heteroatoms. The minimum atomic E-state index is -0.671. The first-order valence-electron chi connectivity index (χ1n) is 6.09. The van der Waals surface area contributed by atoms with E-state index in [1.54, 1.807) is 0 Å². The number of ether oxygens (including phenoxy) is 1. The maximum absolute atomic E-state index is 13.9. The molecule has 0 saturated heterocycles. The van der Waals surface area contributed by atoms with E-state index in [1.807, 2.05) is 0 Å². The van der Waals surface area contributed by atoms with E-state index in [-0.39, 0.29) is 16.7 Å². The van der Waals surface area contributed by atoms with Crippen LogP contribution in [0.1, 0.15) is 15.9 Å². The molecular formula is C15H10FNO4. The van der Waals surface area contributed by atoms with E-state index in [0.29, 0.717) is 11.3 Å². The molecule has 1 N–H and O–H groups in total. The molecule has 3 aromatic rings. The summed E-state index contributed by atoms with van der Waals surface area (Å²) >= 11 is 0. The molecule has 0 amide bonds. The number of oxazole rings is 1. The molecule has 1 heterocycles. The number of halogens is 1. The molecule has 0 radical (unpaired) electrons. The minimum Gasteiger partial charge on any atom is -0.497 e. The number of carbonyl (C=O) groups excluding carboxylic acids is 1. The first-order chi connectivity index (χ1) is 10.1. The Morgan fingerprint density at radius 2 is 2.05 bits per heavy atom. The van der Waals surface area contributed by atoms with Crippen LogP contribution in [0.5, 0.6) is 5.75 Å². The molecule has 0 atom stereocenters. The van der Waals surface area contributed by atoms with Gasteiger partial charge in [-0.15, -0.1) is 0 Å². The number of methoxy groups -OCH3 is 1. The van der Waals surface area contributed by atoms with Gasteiger partial charge < -0.3 is 9.15 Å². The van der Waals surface area contributed by atoms with Gasteiger partial charge in [0.1, 0.15) is 11.6 Å². The zero-order chi connectivity index (χ0) is 15.0. The first kappa shape index (κ1) is 13.1. The van der Waals surface area contributed by atoms with E-state index in [0.717, 1.165) is 6.07 Å². The van der Waals surface area contributed by atoms with Crippen molar-refractivity contribution >= 4 is 16.9 Å². The quantitative estimate of drug-likeness (QED) is 0.751. The lowest BCUT2D eigenvalue weighted by atomic mass is 10.0. The molecule has 0 bridgehead atoms. The van der Waals surface area contributed by atoms with Gasteiger partial charge in [-0.2, -0.15) is 0 Å². The van der Waals surface area contributed by atoms with Crippen molar-refractivity contribution in [2.45, 2.75) is 0 Å². The van der Waals surface area contributed by atoms with Crippen LogP contribution in [0.2, 0.25) is 0 Å². The van der Waals surface area contributed by atoms with Gasteiger partial charge in [0.25, 0.3) is 0 Å². The molecule has 106 valence electrons. The normalized spacial score (nSPS) is 10.8. The van der Waals surface area contributed by atoms with Crippen LogP contribution >= 0.6 is 0 Å². The van der Waals surface area contributed by atoms with E-state index in [1.165, 1.54) is 37.4 Å². The summed E-state index contributed by atoms with van der Waals surface area (Å²) in [6, 6.07) is 8.44. The third-order valence-electron chi connectivity index (χ3n) is 3.10. The molecule has 0 aliphatic heterocycles. The summed E-state index contributed by atoms with van der Waals surface area (Å²) in [6.07, 6.45) is 0. The van der Waals surface area contributed by atoms with Gasteiger partial charge in [-0.1, -0.05) is 0 Å². The van der Waals surface area contributed by atoms with Crippen molar-refractivity contribution in [2.75, 3.05) is 7.11 Å². The van der Waals surface area contributed by atoms with Crippen molar-refractivity contribution in [3.05, 3.63) is 63.9 Å².